The van der Waals surface area contributed by atoms with Crippen molar-refractivity contribution in [3.63, 3.8) is 0 Å². The van der Waals surface area contributed by atoms with Crippen molar-refractivity contribution in [2.75, 3.05) is 31.1 Å². The summed E-state index contributed by atoms with van der Waals surface area (Å²) >= 11 is 0. The fourth-order valence-electron chi connectivity index (χ4n) is 2.28. The van der Waals surface area contributed by atoms with Gasteiger partial charge in [-0.2, -0.15) is 13.2 Å². The van der Waals surface area contributed by atoms with Crippen molar-refractivity contribution in [1.29, 1.82) is 0 Å². The molecule has 1 aromatic heterocycles. The molecule has 0 radical (unpaired) electrons. The number of aromatic nitrogens is 2. The van der Waals surface area contributed by atoms with Crippen LogP contribution in [0.3, 0.4) is 0 Å². The maximum Gasteiger partial charge on any atom is 0.401 e. The van der Waals surface area contributed by atoms with E-state index in [9.17, 15) is 13.2 Å². The van der Waals surface area contributed by atoms with Crippen molar-refractivity contribution in [3.05, 3.63) is 18.1 Å². The van der Waals surface area contributed by atoms with Crippen LogP contribution in [0.2, 0.25) is 0 Å². The van der Waals surface area contributed by atoms with Gasteiger partial charge in [0.2, 0.25) is 0 Å². The van der Waals surface area contributed by atoms with Gasteiger partial charge < -0.3 is 4.90 Å². The van der Waals surface area contributed by atoms with E-state index in [2.05, 4.69) is 9.97 Å². The highest BCUT2D eigenvalue weighted by Gasteiger charge is 2.35. The molecule has 1 aromatic rings. The smallest absolute Gasteiger partial charge is 0.354 e. The Balaban J connectivity index is 2.00. The van der Waals surface area contributed by atoms with E-state index < -0.39 is 12.7 Å². The lowest BCUT2D eigenvalue weighted by Gasteiger charge is -2.40. The second-order valence-electron chi connectivity index (χ2n) is 4.90. The first-order chi connectivity index (χ1) is 8.85. The predicted molar refractivity (Wildman–Crippen MR) is 66.1 cm³/mol. The molecule has 2 rings (SSSR count). The Morgan fingerprint density at radius 3 is 2.63 bits per heavy atom. The zero-order valence-electron chi connectivity index (χ0n) is 11.0. The molecular weight excluding hydrogens is 257 g/mol. The maximum atomic E-state index is 12.4. The second kappa shape index (κ2) is 5.32. The molecule has 19 heavy (non-hydrogen) atoms. The maximum absolute atomic E-state index is 12.4. The van der Waals surface area contributed by atoms with Crippen LogP contribution in [0.25, 0.3) is 0 Å². The van der Waals surface area contributed by atoms with Gasteiger partial charge in [-0.25, -0.2) is 9.97 Å². The van der Waals surface area contributed by atoms with Crippen LogP contribution in [-0.4, -0.2) is 53.3 Å². The molecule has 7 heteroatoms. The van der Waals surface area contributed by atoms with Crippen molar-refractivity contribution < 1.29 is 13.2 Å². The third-order valence-corrected chi connectivity index (χ3v) is 3.26. The van der Waals surface area contributed by atoms with Crippen molar-refractivity contribution in [1.82, 2.24) is 14.9 Å². The van der Waals surface area contributed by atoms with Gasteiger partial charge in [0.25, 0.3) is 0 Å². The van der Waals surface area contributed by atoms with E-state index in [4.69, 9.17) is 0 Å². The topological polar surface area (TPSA) is 32.3 Å². The Labute approximate surface area is 110 Å². The minimum atomic E-state index is -4.14. The van der Waals surface area contributed by atoms with Crippen molar-refractivity contribution in [2.24, 2.45) is 0 Å². The van der Waals surface area contributed by atoms with E-state index in [-0.39, 0.29) is 6.04 Å². The molecule has 0 saturated carbocycles. The Morgan fingerprint density at radius 2 is 2.05 bits per heavy atom. The van der Waals surface area contributed by atoms with Crippen molar-refractivity contribution >= 4 is 5.82 Å². The SMILES string of the molecule is Cc1cc(N2CCN(CC(F)(F)F)C(C)C2)ncn1. The molecule has 1 aliphatic rings. The molecule has 1 saturated heterocycles. The van der Waals surface area contributed by atoms with Gasteiger partial charge in [0.15, 0.2) is 0 Å². The Kier molecular flexibility index (Phi) is 3.93. The first-order valence-corrected chi connectivity index (χ1v) is 6.19. The van der Waals surface area contributed by atoms with Gasteiger partial charge in [-0.3, -0.25) is 4.90 Å². The molecular formula is C12H17F3N4. The fourth-order valence-corrected chi connectivity index (χ4v) is 2.28. The van der Waals surface area contributed by atoms with Crippen LogP contribution >= 0.6 is 0 Å². The van der Waals surface area contributed by atoms with E-state index in [0.717, 1.165) is 11.5 Å². The number of hydrogen-bond acceptors (Lipinski definition) is 4. The van der Waals surface area contributed by atoms with Gasteiger partial charge in [0.1, 0.15) is 12.1 Å². The number of piperazine rings is 1. The van der Waals surface area contributed by atoms with Crippen LogP contribution in [0, 0.1) is 6.92 Å². The molecule has 106 valence electrons. The van der Waals surface area contributed by atoms with Crippen LogP contribution in [0.4, 0.5) is 19.0 Å². The van der Waals surface area contributed by atoms with Gasteiger partial charge in [-0.15, -0.1) is 0 Å². The summed E-state index contributed by atoms with van der Waals surface area (Å²) in [7, 11) is 0. The van der Waals surface area contributed by atoms with Crippen LogP contribution in [0.1, 0.15) is 12.6 Å². The minimum absolute atomic E-state index is 0.148. The van der Waals surface area contributed by atoms with Gasteiger partial charge >= 0.3 is 6.18 Å². The van der Waals surface area contributed by atoms with Gasteiger partial charge in [0.05, 0.1) is 6.54 Å². The van der Waals surface area contributed by atoms with E-state index in [0.29, 0.717) is 19.6 Å². The average Bonchev–Trinajstić information content (AvgIpc) is 2.30. The number of aryl methyl sites for hydroxylation is 1. The van der Waals surface area contributed by atoms with Crippen molar-refractivity contribution in [2.45, 2.75) is 26.1 Å². The Hall–Kier alpha value is -1.37. The lowest BCUT2D eigenvalue weighted by Crippen LogP contribution is -2.54. The number of halogens is 3. The quantitative estimate of drug-likeness (QED) is 0.824. The largest absolute Gasteiger partial charge is 0.401 e. The van der Waals surface area contributed by atoms with E-state index in [1.165, 1.54) is 11.2 Å². The molecule has 0 amide bonds. The second-order valence-corrected chi connectivity index (χ2v) is 4.90. The number of nitrogens with zero attached hydrogens (tertiary/aromatic N) is 4. The zero-order valence-corrected chi connectivity index (χ0v) is 11.0. The van der Waals surface area contributed by atoms with Crippen LogP contribution in [0.15, 0.2) is 12.4 Å². The number of alkyl halides is 3. The van der Waals surface area contributed by atoms with E-state index >= 15 is 0 Å². The lowest BCUT2D eigenvalue weighted by molar-refractivity contribution is -0.150. The highest BCUT2D eigenvalue weighted by Crippen LogP contribution is 2.22. The number of rotatable bonds is 2. The number of anilines is 1. The molecule has 2 heterocycles. The van der Waals surface area contributed by atoms with Gasteiger partial charge in [-0.05, 0) is 13.8 Å². The summed E-state index contributed by atoms with van der Waals surface area (Å²) in [5.74, 6) is 0.783. The van der Waals surface area contributed by atoms with E-state index in [1.54, 1.807) is 0 Å². The zero-order chi connectivity index (χ0) is 14.0. The summed E-state index contributed by atoms with van der Waals surface area (Å²) in [5.41, 5.74) is 0.857. The first kappa shape index (κ1) is 14.0. The molecule has 0 spiro atoms. The fraction of sp³-hybridized carbons (Fsp3) is 0.667. The Morgan fingerprint density at radius 1 is 1.32 bits per heavy atom. The minimum Gasteiger partial charge on any atom is -0.354 e. The van der Waals surface area contributed by atoms with Crippen molar-refractivity contribution in [3.8, 4) is 0 Å². The number of hydrogen-bond donors (Lipinski definition) is 0. The van der Waals surface area contributed by atoms with Gasteiger partial charge in [0, 0.05) is 37.4 Å². The predicted octanol–water partition coefficient (Wildman–Crippen LogP) is 1.86. The molecule has 0 bridgehead atoms. The summed E-state index contributed by atoms with van der Waals surface area (Å²) in [6.45, 7) is 4.33. The van der Waals surface area contributed by atoms with Crippen LogP contribution in [-0.2, 0) is 0 Å². The average molecular weight is 274 g/mol. The molecule has 0 aliphatic carbocycles. The monoisotopic (exact) mass is 274 g/mol. The Bertz CT molecular complexity index is 435. The molecule has 0 N–H and O–H groups in total. The molecule has 1 fully saturated rings. The normalized spacial score (nSPS) is 21.7. The highest BCUT2D eigenvalue weighted by atomic mass is 19.4. The summed E-state index contributed by atoms with van der Waals surface area (Å²) in [5, 5.41) is 0. The summed E-state index contributed by atoms with van der Waals surface area (Å²) in [6.07, 6.45) is -2.65. The molecule has 0 aromatic carbocycles. The third kappa shape index (κ3) is 3.79. The third-order valence-electron chi connectivity index (χ3n) is 3.26. The van der Waals surface area contributed by atoms with Crippen LogP contribution < -0.4 is 4.90 Å². The van der Waals surface area contributed by atoms with E-state index in [1.807, 2.05) is 24.8 Å². The molecule has 4 nitrogen and oxygen atoms in total. The summed E-state index contributed by atoms with van der Waals surface area (Å²) in [4.78, 5) is 11.7. The van der Waals surface area contributed by atoms with Gasteiger partial charge in [-0.1, -0.05) is 0 Å². The highest BCUT2D eigenvalue weighted by molar-refractivity contribution is 5.39. The first-order valence-electron chi connectivity index (χ1n) is 6.19. The van der Waals surface area contributed by atoms with Crippen LogP contribution in [0.5, 0.6) is 0 Å². The lowest BCUT2D eigenvalue weighted by atomic mass is 10.2. The summed E-state index contributed by atoms with van der Waals surface area (Å²) in [6, 6.07) is 1.71. The molecule has 1 unspecified atom stereocenters. The standard InChI is InChI=1S/C12H17F3N4/c1-9-5-11(17-8-16-9)18-3-4-19(10(2)6-18)7-12(13,14)15/h5,8,10H,3-4,6-7H2,1-2H3. The summed E-state index contributed by atoms with van der Waals surface area (Å²) < 4.78 is 37.2. The molecule has 1 atom stereocenters. The molecule has 1 aliphatic heterocycles.